The molecule has 0 unspecified atom stereocenters. The highest BCUT2D eigenvalue weighted by molar-refractivity contribution is 9.10. The topological polar surface area (TPSA) is 38.3 Å². The summed E-state index contributed by atoms with van der Waals surface area (Å²) in [6.45, 7) is 5.62. The summed E-state index contributed by atoms with van der Waals surface area (Å²) < 4.78 is 6.38. The lowest BCUT2D eigenvalue weighted by molar-refractivity contribution is 0.0497. The van der Waals surface area contributed by atoms with E-state index >= 15 is 0 Å². The largest absolute Gasteiger partial charge is 0.444 e. The first-order chi connectivity index (χ1) is 8.85. The molecule has 0 spiro atoms. The molecule has 0 bridgehead atoms. The van der Waals surface area contributed by atoms with Crippen LogP contribution in [0.3, 0.4) is 0 Å². The molecule has 0 aromatic heterocycles. The molecule has 1 aliphatic carbocycles. The van der Waals surface area contributed by atoms with Crippen molar-refractivity contribution < 1.29 is 9.53 Å². The van der Waals surface area contributed by atoms with Crippen LogP contribution in [0.2, 0.25) is 0 Å². The van der Waals surface area contributed by atoms with Gasteiger partial charge in [-0.15, -0.1) is 0 Å². The second kappa shape index (κ2) is 5.53. The Hall–Kier alpha value is -1.03. The maximum atomic E-state index is 11.9. The van der Waals surface area contributed by atoms with Crippen molar-refractivity contribution in [3.63, 3.8) is 0 Å². The second-order valence-corrected chi connectivity index (χ2v) is 6.93. The molecule has 19 heavy (non-hydrogen) atoms. The van der Waals surface area contributed by atoms with Gasteiger partial charge in [-0.3, -0.25) is 0 Å². The minimum Gasteiger partial charge on any atom is -0.444 e. The average molecular weight is 326 g/mol. The first-order valence-corrected chi connectivity index (χ1v) is 7.39. The van der Waals surface area contributed by atoms with Gasteiger partial charge in [0.05, 0.1) is 6.04 Å². The quantitative estimate of drug-likeness (QED) is 0.893. The van der Waals surface area contributed by atoms with Crippen molar-refractivity contribution in [2.75, 3.05) is 0 Å². The number of carbonyl (C=O) groups excluding carboxylic acids is 1. The van der Waals surface area contributed by atoms with E-state index in [1.54, 1.807) is 0 Å². The highest BCUT2D eigenvalue weighted by Gasteiger charge is 2.34. The second-order valence-electron chi connectivity index (χ2n) is 6.01. The van der Waals surface area contributed by atoms with Gasteiger partial charge in [0, 0.05) is 4.47 Å². The molecule has 1 saturated carbocycles. The summed E-state index contributed by atoms with van der Waals surface area (Å²) in [5, 5.41) is 2.99. The fourth-order valence-electron chi connectivity index (χ4n) is 2.01. The van der Waals surface area contributed by atoms with Crippen LogP contribution in [0.15, 0.2) is 28.7 Å². The van der Waals surface area contributed by atoms with Crippen LogP contribution in [0.1, 0.15) is 45.2 Å². The van der Waals surface area contributed by atoms with Crippen LogP contribution >= 0.6 is 15.9 Å². The van der Waals surface area contributed by atoms with Crippen LogP contribution in [0.4, 0.5) is 4.79 Å². The summed E-state index contributed by atoms with van der Waals surface area (Å²) in [7, 11) is 0. The number of halogens is 1. The molecule has 1 aromatic carbocycles. The zero-order valence-corrected chi connectivity index (χ0v) is 13.2. The molecule has 0 saturated heterocycles. The number of nitrogens with one attached hydrogen (secondary N) is 1. The molecule has 1 fully saturated rings. The van der Waals surface area contributed by atoms with Crippen LogP contribution in [0, 0.1) is 5.92 Å². The molecular weight excluding hydrogens is 306 g/mol. The monoisotopic (exact) mass is 325 g/mol. The third-order valence-corrected chi connectivity index (χ3v) is 3.52. The zero-order valence-electron chi connectivity index (χ0n) is 11.6. The van der Waals surface area contributed by atoms with Gasteiger partial charge in [-0.25, -0.2) is 4.79 Å². The van der Waals surface area contributed by atoms with E-state index in [0.717, 1.165) is 22.9 Å². The van der Waals surface area contributed by atoms with E-state index in [4.69, 9.17) is 4.74 Å². The maximum Gasteiger partial charge on any atom is 0.408 e. The molecule has 2 rings (SSSR count). The van der Waals surface area contributed by atoms with E-state index in [9.17, 15) is 4.79 Å². The highest BCUT2D eigenvalue weighted by atomic mass is 79.9. The lowest BCUT2D eigenvalue weighted by atomic mass is 10.0. The van der Waals surface area contributed by atoms with Gasteiger partial charge in [-0.2, -0.15) is 0 Å². The van der Waals surface area contributed by atoms with E-state index in [1.165, 1.54) is 0 Å². The standard InChI is InChI=1S/C15H20BrNO2/c1-15(2,3)19-14(18)17-13(10-4-5-10)11-6-8-12(16)9-7-11/h6-10,13H,4-5H2,1-3H3,(H,17,18)/t13-/m1/s1. The van der Waals surface area contributed by atoms with Crippen molar-refractivity contribution in [1.82, 2.24) is 5.32 Å². The predicted molar refractivity (Wildman–Crippen MR) is 79.0 cm³/mol. The Morgan fingerprint density at radius 1 is 1.32 bits per heavy atom. The van der Waals surface area contributed by atoms with Crippen molar-refractivity contribution >= 4 is 22.0 Å². The number of carbonyl (C=O) groups is 1. The SMILES string of the molecule is CC(C)(C)OC(=O)N[C@@H](c1ccc(Br)cc1)C1CC1. The summed E-state index contributed by atoms with van der Waals surface area (Å²) >= 11 is 3.43. The Labute approximate surface area is 122 Å². The number of alkyl carbamates (subject to hydrolysis) is 1. The molecule has 104 valence electrons. The van der Waals surface area contributed by atoms with Crippen molar-refractivity contribution in [3.05, 3.63) is 34.3 Å². The van der Waals surface area contributed by atoms with Crippen molar-refractivity contribution in [1.29, 1.82) is 0 Å². The minimum atomic E-state index is -0.460. The Kier molecular flexibility index (Phi) is 4.19. The van der Waals surface area contributed by atoms with Gasteiger partial charge >= 0.3 is 6.09 Å². The van der Waals surface area contributed by atoms with Crippen LogP contribution in [-0.2, 0) is 4.74 Å². The van der Waals surface area contributed by atoms with E-state index in [0.29, 0.717) is 5.92 Å². The third kappa shape index (κ3) is 4.53. The molecule has 0 aliphatic heterocycles. The summed E-state index contributed by atoms with van der Waals surface area (Å²) in [5.41, 5.74) is 0.675. The Balaban J connectivity index is 2.05. The van der Waals surface area contributed by atoms with Crippen LogP contribution in [0.5, 0.6) is 0 Å². The molecular formula is C15H20BrNO2. The van der Waals surface area contributed by atoms with E-state index in [-0.39, 0.29) is 12.1 Å². The van der Waals surface area contributed by atoms with E-state index in [2.05, 4.69) is 21.2 Å². The fourth-order valence-corrected chi connectivity index (χ4v) is 2.27. The van der Waals surface area contributed by atoms with E-state index < -0.39 is 5.60 Å². The van der Waals surface area contributed by atoms with Crippen LogP contribution < -0.4 is 5.32 Å². The van der Waals surface area contributed by atoms with Gasteiger partial charge in [-0.1, -0.05) is 28.1 Å². The predicted octanol–water partition coefficient (Wildman–Crippen LogP) is 4.42. The number of benzene rings is 1. The summed E-state index contributed by atoms with van der Waals surface area (Å²) in [6.07, 6.45) is 1.99. The fraction of sp³-hybridized carbons (Fsp3) is 0.533. The molecule has 1 amide bonds. The molecule has 0 radical (unpaired) electrons. The number of amides is 1. The normalized spacial score (nSPS) is 16.8. The number of hydrogen-bond donors (Lipinski definition) is 1. The average Bonchev–Trinajstić information content (AvgIpc) is 3.08. The molecule has 0 heterocycles. The molecule has 1 aromatic rings. The highest BCUT2D eigenvalue weighted by Crippen LogP contribution is 2.41. The Morgan fingerprint density at radius 2 is 1.89 bits per heavy atom. The van der Waals surface area contributed by atoms with E-state index in [1.807, 2.05) is 45.0 Å². The Morgan fingerprint density at radius 3 is 2.37 bits per heavy atom. The first kappa shape index (κ1) is 14.4. The zero-order chi connectivity index (χ0) is 14.0. The smallest absolute Gasteiger partial charge is 0.408 e. The third-order valence-electron chi connectivity index (χ3n) is 2.99. The lowest BCUT2D eigenvalue weighted by Gasteiger charge is -2.24. The van der Waals surface area contributed by atoms with Crippen molar-refractivity contribution in [3.8, 4) is 0 Å². The lowest BCUT2D eigenvalue weighted by Crippen LogP contribution is -2.35. The molecule has 3 nitrogen and oxygen atoms in total. The molecule has 1 N–H and O–H groups in total. The Bertz CT molecular complexity index is 446. The van der Waals surface area contributed by atoms with Crippen LogP contribution in [-0.4, -0.2) is 11.7 Å². The molecule has 1 atom stereocenters. The van der Waals surface area contributed by atoms with Gasteiger partial charge in [0.1, 0.15) is 5.60 Å². The maximum absolute atomic E-state index is 11.9. The van der Waals surface area contributed by atoms with Gasteiger partial charge in [0.25, 0.3) is 0 Å². The summed E-state index contributed by atoms with van der Waals surface area (Å²) in [4.78, 5) is 11.9. The van der Waals surface area contributed by atoms with Gasteiger partial charge in [-0.05, 0) is 57.2 Å². The van der Waals surface area contributed by atoms with Gasteiger partial charge < -0.3 is 10.1 Å². The molecule has 1 aliphatic rings. The summed E-state index contributed by atoms with van der Waals surface area (Å²) in [6, 6.07) is 8.15. The minimum absolute atomic E-state index is 0.0583. The summed E-state index contributed by atoms with van der Waals surface area (Å²) in [5.74, 6) is 0.536. The van der Waals surface area contributed by atoms with Crippen LogP contribution in [0.25, 0.3) is 0 Å². The first-order valence-electron chi connectivity index (χ1n) is 6.60. The van der Waals surface area contributed by atoms with Crippen molar-refractivity contribution in [2.24, 2.45) is 5.92 Å². The molecule has 4 heteroatoms. The van der Waals surface area contributed by atoms with Gasteiger partial charge in [0.15, 0.2) is 0 Å². The number of rotatable bonds is 3. The number of ether oxygens (including phenoxy) is 1. The van der Waals surface area contributed by atoms with Gasteiger partial charge in [0.2, 0.25) is 0 Å². The van der Waals surface area contributed by atoms with Crippen molar-refractivity contribution in [2.45, 2.75) is 45.3 Å². The number of hydrogen-bond acceptors (Lipinski definition) is 2.